The second kappa shape index (κ2) is 7.36. The second-order valence-electron chi connectivity index (χ2n) is 4.71. The van der Waals surface area contributed by atoms with Crippen molar-refractivity contribution in [1.82, 2.24) is 0 Å². The molecule has 116 valence electrons. The van der Waals surface area contributed by atoms with Crippen molar-refractivity contribution in [3.8, 4) is 17.2 Å². The summed E-state index contributed by atoms with van der Waals surface area (Å²) in [5.74, 6) is 1.01. The standard InChI is InChI=1S/C17H19NO4/c1-12-6-8-13(9-7-12)21-10-11-22-16-14(17(18)19)4-3-5-15(16)20-2/h3-9H,10-11H2,1-2H3,(H2,18,19). The molecule has 5 heteroatoms. The molecule has 0 aliphatic carbocycles. The van der Waals surface area contributed by atoms with Crippen LogP contribution in [0.1, 0.15) is 15.9 Å². The predicted molar refractivity (Wildman–Crippen MR) is 83.7 cm³/mol. The number of carbonyl (C=O) groups excluding carboxylic acids is 1. The Labute approximate surface area is 129 Å². The minimum atomic E-state index is -0.562. The largest absolute Gasteiger partial charge is 0.493 e. The van der Waals surface area contributed by atoms with Crippen LogP contribution < -0.4 is 19.9 Å². The first-order valence-corrected chi connectivity index (χ1v) is 6.91. The second-order valence-corrected chi connectivity index (χ2v) is 4.71. The molecule has 0 aromatic heterocycles. The van der Waals surface area contributed by atoms with E-state index in [1.54, 1.807) is 18.2 Å². The Morgan fingerprint density at radius 2 is 1.73 bits per heavy atom. The van der Waals surface area contributed by atoms with Gasteiger partial charge in [0, 0.05) is 0 Å². The summed E-state index contributed by atoms with van der Waals surface area (Å²) in [4.78, 5) is 11.4. The summed E-state index contributed by atoms with van der Waals surface area (Å²) in [5.41, 5.74) is 6.80. The Hall–Kier alpha value is -2.69. The highest BCUT2D eigenvalue weighted by Crippen LogP contribution is 2.30. The normalized spacial score (nSPS) is 10.1. The van der Waals surface area contributed by atoms with E-state index in [1.807, 2.05) is 31.2 Å². The maximum absolute atomic E-state index is 11.4. The number of hydrogen-bond donors (Lipinski definition) is 1. The van der Waals surface area contributed by atoms with Gasteiger partial charge in [-0.3, -0.25) is 4.79 Å². The molecular formula is C17H19NO4. The highest BCUT2D eigenvalue weighted by molar-refractivity contribution is 5.96. The lowest BCUT2D eigenvalue weighted by atomic mass is 10.2. The number of hydrogen-bond acceptors (Lipinski definition) is 4. The Kier molecular flexibility index (Phi) is 5.25. The Bertz CT molecular complexity index is 638. The minimum Gasteiger partial charge on any atom is -0.493 e. The average Bonchev–Trinajstić information content (AvgIpc) is 2.53. The van der Waals surface area contributed by atoms with E-state index in [0.29, 0.717) is 18.1 Å². The number of rotatable bonds is 7. The van der Waals surface area contributed by atoms with Gasteiger partial charge in [-0.15, -0.1) is 0 Å². The molecule has 2 aromatic rings. The highest BCUT2D eigenvalue weighted by atomic mass is 16.5. The number of carbonyl (C=O) groups is 1. The summed E-state index contributed by atoms with van der Waals surface area (Å²) in [7, 11) is 1.51. The lowest BCUT2D eigenvalue weighted by Gasteiger charge is -2.14. The van der Waals surface area contributed by atoms with Gasteiger partial charge in [0.1, 0.15) is 19.0 Å². The zero-order valence-electron chi connectivity index (χ0n) is 12.7. The van der Waals surface area contributed by atoms with Crippen LogP contribution in [0, 0.1) is 6.92 Å². The molecule has 0 heterocycles. The van der Waals surface area contributed by atoms with E-state index in [9.17, 15) is 4.79 Å². The molecule has 22 heavy (non-hydrogen) atoms. The van der Waals surface area contributed by atoms with Crippen molar-refractivity contribution >= 4 is 5.91 Å². The van der Waals surface area contributed by atoms with Gasteiger partial charge in [-0.05, 0) is 31.2 Å². The predicted octanol–water partition coefficient (Wildman–Crippen LogP) is 2.56. The van der Waals surface area contributed by atoms with Crippen molar-refractivity contribution in [2.75, 3.05) is 20.3 Å². The van der Waals surface area contributed by atoms with Crippen molar-refractivity contribution in [3.05, 3.63) is 53.6 Å². The van der Waals surface area contributed by atoms with Gasteiger partial charge >= 0.3 is 0 Å². The fourth-order valence-electron chi connectivity index (χ4n) is 1.96. The number of ether oxygens (including phenoxy) is 3. The van der Waals surface area contributed by atoms with Crippen LogP contribution in [0.5, 0.6) is 17.2 Å². The molecule has 0 radical (unpaired) electrons. The van der Waals surface area contributed by atoms with Gasteiger partial charge in [-0.2, -0.15) is 0 Å². The molecule has 0 fully saturated rings. The molecule has 0 saturated heterocycles. The third kappa shape index (κ3) is 3.91. The first-order valence-electron chi connectivity index (χ1n) is 6.91. The molecular weight excluding hydrogens is 282 g/mol. The Morgan fingerprint density at radius 3 is 2.36 bits per heavy atom. The van der Waals surface area contributed by atoms with Crippen molar-refractivity contribution in [1.29, 1.82) is 0 Å². The molecule has 0 aliphatic rings. The van der Waals surface area contributed by atoms with E-state index in [1.165, 1.54) is 12.7 Å². The Balaban J connectivity index is 1.96. The maximum Gasteiger partial charge on any atom is 0.252 e. The molecule has 2 N–H and O–H groups in total. The fourth-order valence-corrected chi connectivity index (χ4v) is 1.96. The molecule has 0 unspecified atom stereocenters. The number of benzene rings is 2. The summed E-state index contributed by atoms with van der Waals surface area (Å²) in [6, 6.07) is 12.7. The van der Waals surface area contributed by atoms with Crippen LogP contribution >= 0.6 is 0 Å². The van der Waals surface area contributed by atoms with Crippen molar-refractivity contribution in [2.45, 2.75) is 6.92 Å². The highest BCUT2D eigenvalue weighted by Gasteiger charge is 2.14. The van der Waals surface area contributed by atoms with Crippen LogP contribution in [-0.2, 0) is 0 Å². The monoisotopic (exact) mass is 301 g/mol. The average molecular weight is 301 g/mol. The van der Waals surface area contributed by atoms with E-state index in [2.05, 4.69) is 0 Å². The summed E-state index contributed by atoms with van der Waals surface area (Å²) in [6.07, 6.45) is 0. The van der Waals surface area contributed by atoms with E-state index in [0.717, 1.165) is 5.75 Å². The van der Waals surface area contributed by atoms with Crippen LogP contribution in [0.15, 0.2) is 42.5 Å². The van der Waals surface area contributed by atoms with E-state index >= 15 is 0 Å². The summed E-state index contributed by atoms with van der Waals surface area (Å²) in [5, 5.41) is 0. The number of nitrogens with two attached hydrogens (primary N) is 1. The van der Waals surface area contributed by atoms with Gasteiger partial charge in [-0.1, -0.05) is 23.8 Å². The number of amides is 1. The van der Waals surface area contributed by atoms with Crippen LogP contribution in [0.25, 0.3) is 0 Å². The molecule has 2 aromatic carbocycles. The van der Waals surface area contributed by atoms with Gasteiger partial charge in [0.15, 0.2) is 11.5 Å². The molecule has 0 bridgehead atoms. The van der Waals surface area contributed by atoms with Gasteiger partial charge in [0.2, 0.25) is 0 Å². The molecule has 0 spiro atoms. The SMILES string of the molecule is COc1cccc(C(N)=O)c1OCCOc1ccc(C)cc1. The number of primary amides is 1. The van der Waals surface area contributed by atoms with Gasteiger partial charge in [0.25, 0.3) is 5.91 Å². The number of para-hydroxylation sites is 1. The quantitative estimate of drug-likeness (QED) is 0.798. The van der Waals surface area contributed by atoms with Crippen molar-refractivity contribution < 1.29 is 19.0 Å². The first-order chi connectivity index (χ1) is 10.6. The molecule has 1 amide bonds. The topological polar surface area (TPSA) is 70.8 Å². The zero-order chi connectivity index (χ0) is 15.9. The maximum atomic E-state index is 11.4. The van der Waals surface area contributed by atoms with Crippen molar-refractivity contribution in [2.24, 2.45) is 5.73 Å². The zero-order valence-corrected chi connectivity index (χ0v) is 12.7. The third-order valence-corrected chi connectivity index (χ3v) is 3.08. The van der Waals surface area contributed by atoms with Crippen LogP contribution in [0.4, 0.5) is 0 Å². The molecule has 5 nitrogen and oxygen atoms in total. The summed E-state index contributed by atoms with van der Waals surface area (Å²) < 4.78 is 16.4. The molecule has 0 atom stereocenters. The number of aryl methyl sites for hydroxylation is 1. The van der Waals surface area contributed by atoms with Crippen LogP contribution in [-0.4, -0.2) is 26.2 Å². The lowest BCUT2D eigenvalue weighted by Crippen LogP contribution is -2.16. The van der Waals surface area contributed by atoms with Crippen molar-refractivity contribution in [3.63, 3.8) is 0 Å². The van der Waals surface area contributed by atoms with Crippen LogP contribution in [0.3, 0.4) is 0 Å². The van der Waals surface area contributed by atoms with E-state index in [-0.39, 0.29) is 12.2 Å². The molecule has 2 rings (SSSR count). The number of methoxy groups -OCH3 is 1. The lowest BCUT2D eigenvalue weighted by molar-refractivity contribution is 0.0994. The molecule has 0 saturated carbocycles. The minimum absolute atomic E-state index is 0.272. The van der Waals surface area contributed by atoms with E-state index in [4.69, 9.17) is 19.9 Å². The van der Waals surface area contributed by atoms with Crippen LogP contribution in [0.2, 0.25) is 0 Å². The Morgan fingerprint density at radius 1 is 1.05 bits per heavy atom. The molecule has 0 aliphatic heterocycles. The summed E-state index contributed by atoms with van der Waals surface area (Å²) in [6.45, 7) is 2.63. The summed E-state index contributed by atoms with van der Waals surface area (Å²) >= 11 is 0. The first kappa shape index (κ1) is 15.7. The smallest absolute Gasteiger partial charge is 0.252 e. The van der Waals surface area contributed by atoms with E-state index < -0.39 is 5.91 Å². The van der Waals surface area contributed by atoms with Gasteiger partial charge in [-0.25, -0.2) is 0 Å². The third-order valence-electron chi connectivity index (χ3n) is 3.08. The fraction of sp³-hybridized carbons (Fsp3) is 0.235. The van der Waals surface area contributed by atoms with Gasteiger partial charge in [0.05, 0.1) is 12.7 Å². The van der Waals surface area contributed by atoms with Gasteiger partial charge < -0.3 is 19.9 Å².